The van der Waals surface area contributed by atoms with Gasteiger partial charge in [0, 0.05) is 24.2 Å². The summed E-state index contributed by atoms with van der Waals surface area (Å²) in [5.41, 5.74) is 3.30. The lowest BCUT2D eigenvalue weighted by Crippen LogP contribution is -2.39. The SMILES string of the molecule is O=C(CN(c1cccnc1)S(=O)(=O)c1ccccc1)N/N=C\c1cccnc1. The van der Waals surface area contributed by atoms with Gasteiger partial charge in [0.15, 0.2) is 0 Å². The van der Waals surface area contributed by atoms with Gasteiger partial charge in [-0.15, -0.1) is 0 Å². The molecule has 2 heterocycles. The third-order valence-corrected chi connectivity index (χ3v) is 5.43. The summed E-state index contributed by atoms with van der Waals surface area (Å²) in [6.07, 6.45) is 7.53. The second-order valence-corrected chi connectivity index (χ2v) is 7.48. The maximum atomic E-state index is 13.0. The number of rotatable bonds is 7. The molecule has 1 aromatic carbocycles. The number of amides is 1. The maximum absolute atomic E-state index is 13.0. The smallest absolute Gasteiger partial charge is 0.264 e. The molecule has 0 spiro atoms. The number of sulfonamides is 1. The molecule has 3 rings (SSSR count). The van der Waals surface area contributed by atoms with Gasteiger partial charge in [-0.3, -0.25) is 19.1 Å². The molecule has 1 amide bonds. The van der Waals surface area contributed by atoms with Crippen molar-refractivity contribution in [3.8, 4) is 0 Å². The first-order valence-corrected chi connectivity index (χ1v) is 9.71. The lowest BCUT2D eigenvalue weighted by molar-refractivity contribution is -0.119. The zero-order valence-corrected chi connectivity index (χ0v) is 15.5. The van der Waals surface area contributed by atoms with Gasteiger partial charge in [-0.25, -0.2) is 13.8 Å². The quantitative estimate of drug-likeness (QED) is 0.485. The monoisotopic (exact) mass is 395 g/mol. The van der Waals surface area contributed by atoms with Crippen LogP contribution in [0.3, 0.4) is 0 Å². The molecule has 0 atom stereocenters. The van der Waals surface area contributed by atoms with E-state index in [1.807, 2.05) is 0 Å². The maximum Gasteiger partial charge on any atom is 0.264 e. The molecule has 1 N–H and O–H groups in total. The van der Waals surface area contributed by atoms with Crippen molar-refractivity contribution in [3.63, 3.8) is 0 Å². The Morgan fingerprint density at radius 2 is 1.71 bits per heavy atom. The zero-order chi connectivity index (χ0) is 19.8. The van der Waals surface area contributed by atoms with E-state index in [4.69, 9.17) is 0 Å². The fourth-order valence-electron chi connectivity index (χ4n) is 2.33. The van der Waals surface area contributed by atoms with Gasteiger partial charge in [0.2, 0.25) is 0 Å². The van der Waals surface area contributed by atoms with E-state index < -0.39 is 22.5 Å². The second-order valence-electron chi connectivity index (χ2n) is 5.62. The molecule has 0 radical (unpaired) electrons. The lowest BCUT2D eigenvalue weighted by Gasteiger charge is -2.23. The van der Waals surface area contributed by atoms with Crippen molar-refractivity contribution in [1.29, 1.82) is 0 Å². The average Bonchev–Trinajstić information content (AvgIpc) is 2.74. The number of carbonyl (C=O) groups is 1. The third kappa shape index (κ3) is 4.77. The van der Waals surface area contributed by atoms with Crippen LogP contribution in [-0.2, 0) is 14.8 Å². The first-order valence-electron chi connectivity index (χ1n) is 8.27. The number of pyridine rings is 2. The van der Waals surface area contributed by atoms with Gasteiger partial charge in [0.05, 0.1) is 23.0 Å². The molecule has 9 heteroatoms. The van der Waals surface area contributed by atoms with Crippen molar-refractivity contribution in [2.45, 2.75) is 4.90 Å². The number of anilines is 1. The zero-order valence-electron chi connectivity index (χ0n) is 14.7. The summed E-state index contributed by atoms with van der Waals surface area (Å²) in [5, 5.41) is 3.84. The van der Waals surface area contributed by atoms with Crippen molar-refractivity contribution >= 4 is 27.8 Å². The highest BCUT2D eigenvalue weighted by molar-refractivity contribution is 7.92. The summed E-state index contributed by atoms with van der Waals surface area (Å²) in [4.78, 5) is 20.3. The largest absolute Gasteiger partial charge is 0.271 e. The van der Waals surface area contributed by atoms with Crippen molar-refractivity contribution in [2.75, 3.05) is 10.8 Å². The van der Waals surface area contributed by atoms with Crippen LogP contribution in [0.5, 0.6) is 0 Å². The normalized spacial score (nSPS) is 11.3. The Hall–Kier alpha value is -3.59. The summed E-state index contributed by atoms with van der Waals surface area (Å²) in [5.74, 6) is -0.594. The first-order chi connectivity index (χ1) is 13.6. The predicted molar refractivity (Wildman–Crippen MR) is 105 cm³/mol. The summed E-state index contributed by atoms with van der Waals surface area (Å²) in [7, 11) is -3.96. The van der Waals surface area contributed by atoms with Crippen LogP contribution in [0.15, 0.2) is 89.4 Å². The molecule has 142 valence electrons. The molecule has 2 aromatic heterocycles. The van der Waals surface area contributed by atoms with Crippen LogP contribution in [0, 0.1) is 0 Å². The fourth-order valence-corrected chi connectivity index (χ4v) is 3.76. The number of nitrogens with zero attached hydrogens (tertiary/aromatic N) is 4. The van der Waals surface area contributed by atoms with Crippen LogP contribution in [0.25, 0.3) is 0 Å². The molecule has 0 aliphatic heterocycles. The summed E-state index contributed by atoms with van der Waals surface area (Å²) < 4.78 is 27.1. The van der Waals surface area contributed by atoms with Gasteiger partial charge in [0.25, 0.3) is 15.9 Å². The van der Waals surface area contributed by atoms with Gasteiger partial charge in [0.1, 0.15) is 6.54 Å². The highest BCUT2D eigenvalue weighted by atomic mass is 32.2. The highest BCUT2D eigenvalue weighted by Crippen LogP contribution is 2.22. The van der Waals surface area contributed by atoms with Crippen LogP contribution < -0.4 is 9.73 Å². The number of hydrazone groups is 1. The topological polar surface area (TPSA) is 105 Å². The van der Waals surface area contributed by atoms with Crippen molar-refractivity contribution in [3.05, 3.63) is 84.9 Å². The van der Waals surface area contributed by atoms with Crippen molar-refractivity contribution in [1.82, 2.24) is 15.4 Å². The van der Waals surface area contributed by atoms with Gasteiger partial charge in [-0.2, -0.15) is 5.10 Å². The van der Waals surface area contributed by atoms with E-state index in [0.29, 0.717) is 5.56 Å². The highest BCUT2D eigenvalue weighted by Gasteiger charge is 2.27. The van der Waals surface area contributed by atoms with Crippen LogP contribution in [0.4, 0.5) is 5.69 Å². The van der Waals surface area contributed by atoms with E-state index in [9.17, 15) is 13.2 Å². The second kappa shape index (κ2) is 8.87. The lowest BCUT2D eigenvalue weighted by atomic mass is 10.3. The molecule has 8 nitrogen and oxygen atoms in total. The Morgan fingerprint density at radius 1 is 1.00 bits per heavy atom. The van der Waals surface area contributed by atoms with E-state index in [1.165, 1.54) is 30.7 Å². The minimum absolute atomic E-state index is 0.0746. The van der Waals surface area contributed by atoms with Gasteiger partial charge in [-0.1, -0.05) is 24.3 Å². The van der Waals surface area contributed by atoms with E-state index in [2.05, 4.69) is 20.5 Å². The van der Waals surface area contributed by atoms with E-state index in [1.54, 1.807) is 54.9 Å². The number of benzene rings is 1. The third-order valence-electron chi connectivity index (χ3n) is 3.64. The number of hydrogen-bond acceptors (Lipinski definition) is 6. The van der Waals surface area contributed by atoms with Gasteiger partial charge < -0.3 is 0 Å². The predicted octanol–water partition coefficient (Wildman–Crippen LogP) is 1.82. The summed E-state index contributed by atoms with van der Waals surface area (Å²) in [6, 6.07) is 14.6. The van der Waals surface area contributed by atoms with Crippen molar-refractivity contribution < 1.29 is 13.2 Å². The Morgan fingerprint density at radius 3 is 2.36 bits per heavy atom. The molecule has 0 aliphatic carbocycles. The summed E-state index contributed by atoms with van der Waals surface area (Å²) >= 11 is 0. The van der Waals surface area contributed by atoms with E-state index >= 15 is 0 Å². The molecule has 0 unspecified atom stereocenters. The van der Waals surface area contributed by atoms with Gasteiger partial charge >= 0.3 is 0 Å². The van der Waals surface area contributed by atoms with Crippen LogP contribution in [-0.4, -0.2) is 37.1 Å². The molecular weight excluding hydrogens is 378 g/mol. The molecule has 0 saturated heterocycles. The molecular formula is C19H17N5O3S. The van der Waals surface area contributed by atoms with E-state index in [0.717, 1.165) is 4.31 Å². The first kappa shape index (κ1) is 19.2. The number of hydrogen-bond donors (Lipinski definition) is 1. The van der Waals surface area contributed by atoms with E-state index in [-0.39, 0.29) is 10.6 Å². The molecule has 3 aromatic rings. The Bertz CT molecular complexity index is 1040. The van der Waals surface area contributed by atoms with Crippen LogP contribution >= 0.6 is 0 Å². The fraction of sp³-hybridized carbons (Fsp3) is 0.0526. The van der Waals surface area contributed by atoms with Crippen molar-refractivity contribution in [2.24, 2.45) is 5.10 Å². The molecule has 28 heavy (non-hydrogen) atoms. The molecule has 0 aliphatic rings. The van der Waals surface area contributed by atoms with Crippen LogP contribution in [0.1, 0.15) is 5.56 Å². The minimum atomic E-state index is -3.96. The molecule has 0 fully saturated rings. The average molecular weight is 395 g/mol. The number of aromatic nitrogens is 2. The molecule has 0 bridgehead atoms. The number of carbonyl (C=O) groups excluding carboxylic acids is 1. The summed E-state index contributed by atoms with van der Waals surface area (Å²) in [6.45, 7) is -0.451. The molecule has 0 saturated carbocycles. The minimum Gasteiger partial charge on any atom is -0.271 e. The van der Waals surface area contributed by atoms with Crippen LogP contribution in [0.2, 0.25) is 0 Å². The Balaban J connectivity index is 1.80. The Labute approximate surface area is 162 Å². The Kier molecular flexibility index (Phi) is 6.07. The number of nitrogens with one attached hydrogen (secondary N) is 1. The standard InChI is InChI=1S/C19H17N5O3S/c25-19(23-22-13-16-6-4-10-20-12-16)15-24(17-7-5-11-21-14-17)28(26,27)18-8-2-1-3-9-18/h1-14H,15H2,(H,23,25)/b22-13-. The van der Waals surface area contributed by atoms with Gasteiger partial charge in [-0.05, 0) is 30.3 Å².